The minimum Gasteiger partial charge on any atom is -0.495 e. The zero-order chi connectivity index (χ0) is 14.2. The number of hydrogen-bond donors (Lipinski definition) is 4. The molecule has 0 saturated heterocycles. The number of carbonyl (C=O) groups is 1. The molecular weight excluding hydrogens is 268 g/mol. The van der Waals surface area contributed by atoms with Crippen molar-refractivity contribution in [2.75, 3.05) is 12.8 Å². The van der Waals surface area contributed by atoms with Gasteiger partial charge in [-0.1, -0.05) is 11.6 Å². The van der Waals surface area contributed by atoms with Crippen LogP contribution in [-0.2, 0) is 0 Å². The number of methoxy groups -OCH3 is 1. The third kappa shape index (κ3) is 2.30. The Hall–Kier alpha value is -2.34. The van der Waals surface area contributed by atoms with Crippen LogP contribution in [0.2, 0.25) is 0 Å². The van der Waals surface area contributed by atoms with Crippen LogP contribution in [-0.4, -0.2) is 18.0 Å². The van der Waals surface area contributed by atoms with Crippen molar-refractivity contribution in [3.63, 3.8) is 0 Å². The molecule has 7 heteroatoms. The number of rotatable bonds is 3. The number of carbonyl (C=O) groups excluding carboxylic acids is 1. The molecule has 1 aromatic carbocycles. The lowest BCUT2D eigenvalue weighted by molar-refractivity contribution is 0.1000. The number of primary amides is 1. The summed E-state index contributed by atoms with van der Waals surface area (Å²) in [6, 6.07) is 3.13. The predicted octanol–water partition coefficient (Wildman–Crippen LogP) is 1.35. The topological polar surface area (TPSA) is 120 Å². The number of fused-ring (bicyclic) bond motifs is 1. The number of anilines is 1. The second-order valence-corrected chi connectivity index (χ2v) is 4.38. The number of benzene rings is 1. The summed E-state index contributed by atoms with van der Waals surface area (Å²) in [6.45, 7) is 0. The number of amides is 1. The van der Waals surface area contributed by atoms with Gasteiger partial charge in [0, 0.05) is 10.9 Å². The fourth-order valence-electron chi connectivity index (χ4n) is 1.86. The number of nitrogens with two attached hydrogens (primary N) is 3. The number of nitrogens with one attached hydrogen (secondary N) is 1. The van der Waals surface area contributed by atoms with Gasteiger partial charge in [-0.05, 0) is 18.2 Å². The maximum atomic E-state index is 11.3. The second kappa shape index (κ2) is 4.74. The third-order valence-electron chi connectivity index (χ3n) is 2.73. The molecule has 0 spiro atoms. The number of ether oxygens (including phenoxy) is 1. The molecule has 1 amide bonds. The van der Waals surface area contributed by atoms with Gasteiger partial charge in [0.15, 0.2) is 0 Å². The molecule has 0 atom stereocenters. The van der Waals surface area contributed by atoms with E-state index >= 15 is 0 Å². The van der Waals surface area contributed by atoms with Crippen molar-refractivity contribution in [2.24, 2.45) is 11.5 Å². The fraction of sp³-hybridized carbons (Fsp3) is 0.0833. The van der Waals surface area contributed by atoms with Crippen LogP contribution in [0, 0.1) is 0 Å². The molecule has 0 aliphatic heterocycles. The van der Waals surface area contributed by atoms with Gasteiger partial charge in [0.25, 0.3) is 0 Å². The minimum absolute atomic E-state index is 0.0901. The number of hydrogen-bond acceptors (Lipinski definition) is 4. The number of halogens is 1. The maximum absolute atomic E-state index is 11.3. The summed E-state index contributed by atoms with van der Waals surface area (Å²) in [5, 5.41) is 0.713. The van der Waals surface area contributed by atoms with Crippen LogP contribution in [0.15, 0.2) is 17.3 Å². The van der Waals surface area contributed by atoms with Crippen LogP contribution in [0.25, 0.3) is 17.0 Å². The summed E-state index contributed by atoms with van der Waals surface area (Å²) in [6.07, 6.45) is 1.49. The molecule has 0 unspecified atom stereocenters. The van der Waals surface area contributed by atoms with Crippen molar-refractivity contribution in [1.29, 1.82) is 0 Å². The molecule has 0 aliphatic carbocycles. The molecule has 2 rings (SSSR count). The van der Waals surface area contributed by atoms with E-state index in [1.807, 2.05) is 0 Å². The van der Waals surface area contributed by atoms with Gasteiger partial charge in [-0.25, -0.2) is 0 Å². The SMILES string of the molecule is COc1cc(C(N)=O)cc2c(N)c(/C=C(\N)Cl)[nH]c12. The molecule has 0 radical (unpaired) electrons. The van der Waals surface area contributed by atoms with Crippen molar-refractivity contribution >= 4 is 40.2 Å². The highest BCUT2D eigenvalue weighted by molar-refractivity contribution is 6.31. The third-order valence-corrected chi connectivity index (χ3v) is 2.84. The highest BCUT2D eigenvalue weighted by atomic mass is 35.5. The van der Waals surface area contributed by atoms with E-state index in [0.717, 1.165) is 0 Å². The van der Waals surface area contributed by atoms with Gasteiger partial charge in [0.1, 0.15) is 10.9 Å². The van der Waals surface area contributed by atoms with E-state index in [1.54, 1.807) is 6.07 Å². The lowest BCUT2D eigenvalue weighted by Gasteiger charge is -2.04. The van der Waals surface area contributed by atoms with Crippen molar-refractivity contribution in [1.82, 2.24) is 4.98 Å². The van der Waals surface area contributed by atoms with Gasteiger partial charge in [-0.2, -0.15) is 0 Å². The number of aromatic amines is 1. The second-order valence-electron chi connectivity index (χ2n) is 3.95. The quantitative estimate of drug-likeness (QED) is 0.634. The Labute approximate surface area is 114 Å². The van der Waals surface area contributed by atoms with E-state index in [9.17, 15) is 4.79 Å². The normalized spacial score (nSPS) is 11.8. The molecule has 2 aromatic rings. The number of H-pyrrole nitrogens is 1. The molecule has 0 fully saturated rings. The van der Waals surface area contributed by atoms with Crippen LogP contribution in [0.4, 0.5) is 5.69 Å². The Morgan fingerprint density at radius 2 is 2.11 bits per heavy atom. The molecule has 0 saturated carbocycles. The zero-order valence-corrected chi connectivity index (χ0v) is 10.9. The highest BCUT2D eigenvalue weighted by Gasteiger charge is 2.14. The van der Waals surface area contributed by atoms with Crippen LogP contribution in [0.1, 0.15) is 16.1 Å². The molecule has 100 valence electrons. The average Bonchev–Trinajstić information content (AvgIpc) is 2.65. The van der Waals surface area contributed by atoms with Gasteiger partial charge < -0.3 is 26.9 Å². The monoisotopic (exact) mass is 280 g/mol. The molecule has 1 aromatic heterocycles. The van der Waals surface area contributed by atoms with E-state index in [0.29, 0.717) is 33.6 Å². The Bertz CT molecular complexity index is 687. The van der Waals surface area contributed by atoms with Crippen molar-refractivity contribution < 1.29 is 9.53 Å². The van der Waals surface area contributed by atoms with E-state index in [-0.39, 0.29) is 5.16 Å². The Morgan fingerprint density at radius 3 is 2.63 bits per heavy atom. The van der Waals surface area contributed by atoms with Gasteiger partial charge in [0.05, 0.1) is 24.0 Å². The summed E-state index contributed by atoms with van der Waals surface area (Å²) in [7, 11) is 1.49. The first-order valence-electron chi connectivity index (χ1n) is 5.35. The molecule has 0 aliphatic rings. The smallest absolute Gasteiger partial charge is 0.248 e. The van der Waals surface area contributed by atoms with Gasteiger partial charge in [-0.15, -0.1) is 0 Å². The fourth-order valence-corrected chi connectivity index (χ4v) is 1.97. The average molecular weight is 281 g/mol. The van der Waals surface area contributed by atoms with Crippen molar-refractivity contribution in [2.45, 2.75) is 0 Å². The van der Waals surface area contributed by atoms with Crippen LogP contribution in [0.3, 0.4) is 0 Å². The van der Waals surface area contributed by atoms with E-state index in [2.05, 4.69) is 4.98 Å². The minimum atomic E-state index is -0.560. The van der Waals surface area contributed by atoms with Crippen molar-refractivity contribution in [3.05, 3.63) is 28.5 Å². The summed E-state index contributed by atoms with van der Waals surface area (Å²) in [5.74, 6) is -0.0967. The van der Waals surface area contributed by atoms with E-state index < -0.39 is 5.91 Å². The molecule has 7 N–H and O–H groups in total. The van der Waals surface area contributed by atoms with Crippen LogP contribution in [0.5, 0.6) is 5.75 Å². The van der Waals surface area contributed by atoms with Gasteiger partial charge >= 0.3 is 0 Å². The summed E-state index contributed by atoms with van der Waals surface area (Å²) < 4.78 is 5.21. The first kappa shape index (κ1) is 13.1. The molecule has 1 heterocycles. The summed E-state index contributed by atoms with van der Waals surface area (Å²) >= 11 is 5.63. The predicted molar refractivity (Wildman–Crippen MR) is 75.8 cm³/mol. The Balaban J connectivity index is 2.79. The standard InChI is InChI=1S/C12H13ClN4O2/c1-19-8-3-5(12(16)18)2-6-10(15)7(4-9(13)14)17-11(6)8/h2-4,17H,14-15H2,1H3,(H2,16,18)/b9-4-. The first-order valence-corrected chi connectivity index (χ1v) is 5.73. The van der Waals surface area contributed by atoms with E-state index in [4.69, 9.17) is 33.5 Å². The highest BCUT2D eigenvalue weighted by Crippen LogP contribution is 2.33. The molecule has 19 heavy (non-hydrogen) atoms. The van der Waals surface area contributed by atoms with Crippen LogP contribution >= 0.6 is 11.6 Å². The lowest BCUT2D eigenvalue weighted by atomic mass is 10.1. The van der Waals surface area contributed by atoms with Gasteiger partial charge in [0.2, 0.25) is 5.91 Å². The lowest BCUT2D eigenvalue weighted by Crippen LogP contribution is -2.10. The largest absolute Gasteiger partial charge is 0.495 e. The molecule has 0 bridgehead atoms. The summed E-state index contributed by atoms with van der Waals surface area (Å²) in [4.78, 5) is 14.3. The van der Waals surface area contributed by atoms with E-state index in [1.165, 1.54) is 19.3 Å². The number of nitrogen functional groups attached to an aromatic ring is 1. The Morgan fingerprint density at radius 1 is 1.42 bits per heavy atom. The molecular formula is C12H13ClN4O2. The van der Waals surface area contributed by atoms with Crippen molar-refractivity contribution in [3.8, 4) is 5.75 Å². The summed E-state index contributed by atoms with van der Waals surface area (Å²) in [5.41, 5.74) is 18.6. The van der Waals surface area contributed by atoms with Gasteiger partial charge in [-0.3, -0.25) is 4.79 Å². The zero-order valence-electron chi connectivity index (χ0n) is 10.2. The number of aromatic nitrogens is 1. The maximum Gasteiger partial charge on any atom is 0.248 e. The molecule has 6 nitrogen and oxygen atoms in total. The Kier molecular flexibility index (Phi) is 3.26. The first-order chi connectivity index (χ1) is 8.93. The van der Waals surface area contributed by atoms with Crippen LogP contribution < -0.4 is 21.9 Å².